The number of piperidine rings is 1. The summed E-state index contributed by atoms with van der Waals surface area (Å²) in [6, 6.07) is 22.5. The Kier molecular flexibility index (Phi) is 10.9. The highest BCUT2D eigenvalue weighted by atomic mass is 16.5. The minimum Gasteiger partial charge on any atom is -0.484 e. The Morgan fingerprint density at radius 3 is 2.39 bits per heavy atom. The number of fused-ring (bicyclic) bond motifs is 2. The molecule has 18 nitrogen and oxygen atoms in total. The first-order chi connectivity index (χ1) is 32.6. The summed E-state index contributed by atoms with van der Waals surface area (Å²) in [4.78, 5) is 97.7. The number of benzene rings is 3. The fourth-order valence-corrected chi connectivity index (χ4v) is 10.9. The van der Waals surface area contributed by atoms with Gasteiger partial charge in [0.1, 0.15) is 18.1 Å². The maximum atomic E-state index is 13.3. The molecule has 18 heteroatoms. The SMILES string of the molecule is O=C1CCC(N2C(=O)c3ccc(OCC(=O)N4CCC5(CC(N6CCN(c7ccc(Nc8ncnc9c8ncn9C8CC(NC(=O)Cc9ccccc9)C8)cc7)CC6)C5)C4)cc3C2=O)C(=O)N1. The number of imidazole rings is 1. The molecule has 6 heterocycles. The lowest BCUT2D eigenvalue weighted by Gasteiger charge is -2.52. The van der Waals surface area contributed by atoms with Crippen LogP contribution in [0.4, 0.5) is 17.2 Å². The minimum absolute atomic E-state index is 0.0391. The highest BCUT2D eigenvalue weighted by Gasteiger charge is 2.51. The monoisotopic (exact) mass is 905 g/mol. The molecule has 2 aliphatic carbocycles. The van der Waals surface area contributed by atoms with E-state index < -0.39 is 29.7 Å². The van der Waals surface area contributed by atoms with Crippen LogP contribution in [0.5, 0.6) is 5.75 Å². The molecular weight excluding hydrogens is 855 g/mol. The maximum absolute atomic E-state index is 13.3. The smallest absolute Gasteiger partial charge is 0.262 e. The van der Waals surface area contributed by atoms with Crippen molar-refractivity contribution >= 4 is 63.8 Å². The summed E-state index contributed by atoms with van der Waals surface area (Å²) >= 11 is 0. The van der Waals surface area contributed by atoms with Crippen molar-refractivity contribution in [2.45, 2.75) is 75.5 Å². The maximum Gasteiger partial charge on any atom is 0.262 e. The zero-order valence-corrected chi connectivity index (χ0v) is 36.9. The van der Waals surface area contributed by atoms with E-state index in [-0.39, 0.29) is 59.9 Å². The first-order valence-corrected chi connectivity index (χ1v) is 23.2. The van der Waals surface area contributed by atoms with Crippen LogP contribution in [0, 0.1) is 5.41 Å². The Morgan fingerprint density at radius 2 is 1.61 bits per heavy atom. The van der Waals surface area contributed by atoms with E-state index in [1.165, 1.54) is 17.8 Å². The van der Waals surface area contributed by atoms with Crippen LogP contribution in [-0.2, 0) is 25.6 Å². The van der Waals surface area contributed by atoms with Crippen LogP contribution < -0.4 is 25.6 Å². The van der Waals surface area contributed by atoms with Crippen LogP contribution in [0.25, 0.3) is 11.2 Å². The second-order valence-electron chi connectivity index (χ2n) is 18.9. The number of rotatable bonds is 12. The van der Waals surface area contributed by atoms with Gasteiger partial charge in [-0.1, -0.05) is 30.3 Å². The highest BCUT2D eigenvalue weighted by molar-refractivity contribution is 6.23. The van der Waals surface area contributed by atoms with Crippen molar-refractivity contribution < 1.29 is 33.5 Å². The predicted octanol–water partition coefficient (Wildman–Crippen LogP) is 3.62. The summed E-state index contributed by atoms with van der Waals surface area (Å²) in [6.07, 6.45) is 8.62. The molecule has 5 aromatic rings. The minimum atomic E-state index is -1.05. The number of piperazine rings is 1. The van der Waals surface area contributed by atoms with E-state index in [2.05, 4.69) is 69.5 Å². The lowest BCUT2D eigenvalue weighted by atomic mass is 9.64. The molecule has 67 heavy (non-hydrogen) atoms. The van der Waals surface area contributed by atoms with Crippen LogP contribution in [-0.4, -0.2) is 134 Å². The van der Waals surface area contributed by atoms with Crippen LogP contribution >= 0.6 is 0 Å². The summed E-state index contributed by atoms with van der Waals surface area (Å²) in [6.45, 7) is 4.99. The molecule has 1 unspecified atom stereocenters. The number of carbonyl (C=O) groups is 6. The molecule has 2 saturated carbocycles. The Morgan fingerprint density at radius 1 is 0.836 bits per heavy atom. The van der Waals surface area contributed by atoms with Gasteiger partial charge in [0.25, 0.3) is 17.7 Å². The molecule has 5 fully saturated rings. The van der Waals surface area contributed by atoms with Gasteiger partial charge in [0.15, 0.2) is 23.6 Å². The number of aromatic nitrogens is 4. The van der Waals surface area contributed by atoms with Gasteiger partial charge < -0.3 is 29.7 Å². The van der Waals surface area contributed by atoms with Crippen molar-refractivity contribution in [3.63, 3.8) is 0 Å². The third kappa shape index (κ3) is 8.23. The first kappa shape index (κ1) is 42.4. The van der Waals surface area contributed by atoms with Gasteiger partial charge in [-0.25, -0.2) is 15.0 Å². The fraction of sp³-hybridized carbons (Fsp3) is 0.408. The van der Waals surface area contributed by atoms with E-state index in [0.717, 1.165) is 80.1 Å². The molecule has 0 bridgehead atoms. The van der Waals surface area contributed by atoms with Crippen molar-refractivity contribution in [3.8, 4) is 5.75 Å². The lowest BCUT2D eigenvalue weighted by molar-refractivity contribution is -0.136. The van der Waals surface area contributed by atoms with Gasteiger partial charge in [-0.15, -0.1) is 0 Å². The Balaban J connectivity index is 0.616. The molecule has 2 aromatic heterocycles. The van der Waals surface area contributed by atoms with Crippen molar-refractivity contribution in [3.05, 3.63) is 102 Å². The van der Waals surface area contributed by atoms with E-state index >= 15 is 0 Å². The Bertz CT molecular complexity index is 2780. The summed E-state index contributed by atoms with van der Waals surface area (Å²) < 4.78 is 7.93. The van der Waals surface area contributed by atoms with Gasteiger partial charge in [0.2, 0.25) is 17.7 Å². The van der Waals surface area contributed by atoms with Crippen LogP contribution in [0.2, 0.25) is 0 Å². The number of ether oxygens (including phenoxy) is 1. The average Bonchev–Trinajstić information content (AvgIpc) is 4.02. The van der Waals surface area contributed by atoms with Crippen molar-refractivity contribution in [1.29, 1.82) is 0 Å². The third-order valence-corrected chi connectivity index (χ3v) is 14.7. The zero-order valence-electron chi connectivity index (χ0n) is 36.9. The number of anilines is 3. The molecule has 0 radical (unpaired) electrons. The molecular formula is C49H51N11O7. The summed E-state index contributed by atoms with van der Waals surface area (Å²) in [5.74, 6) is -1.45. The highest BCUT2D eigenvalue weighted by Crippen LogP contribution is 2.50. The molecule has 6 aliphatic rings. The van der Waals surface area contributed by atoms with Crippen LogP contribution in [0.1, 0.15) is 77.3 Å². The summed E-state index contributed by atoms with van der Waals surface area (Å²) in [7, 11) is 0. The van der Waals surface area contributed by atoms with Crippen molar-refractivity contribution in [1.82, 2.24) is 44.9 Å². The molecule has 3 N–H and O–H groups in total. The average molecular weight is 906 g/mol. The standard InChI is InChI=1S/C49H51N11O7/c61-40-13-12-39(46(64)55-40)60-47(65)37-11-10-36(23-38(37)48(60)66)67-26-42(63)58-15-14-49(27-58)24-35(25-49)57-18-16-56(17-19-57)33-8-6-31(7-9-33)54-44-43-45(51-28-50-44)59(29-52-43)34-21-32(22-34)53-41(62)20-30-4-2-1-3-5-30/h1-11,23,28-29,32,34-35,39H,12-22,24-27H2,(H,53,62)(H,50,51,54)(H,55,61,64). The number of carbonyl (C=O) groups excluding carboxylic acids is 6. The van der Waals surface area contributed by atoms with Crippen molar-refractivity contribution in [2.24, 2.45) is 5.41 Å². The largest absolute Gasteiger partial charge is 0.484 e. The number of nitrogens with one attached hydrogen (secondary N) is 3. The molecule has 6 amide bonds. The Labute approximate surface area is 386 Å². The van der Waals surface area contributed by atoms with Gasteiger partial charge in [0, 0.05) is 75.2 Å². The number of imide groups is 2. The van der Waals surface area contributed by atoms with Gasteiger partial charge in [-0.2, -0.15) is 0 Å². The van der Waals surface area contributed by atoms with Gasteiger partial charge in [0.05, 0.1) is 23.9 Å². The molecule has 4 aliphatic heterocycles. The number of hydrogen-bond donors (Lipinski definition) is 3. The van der Waals surface area contributed by atoms with Crippen LogP contribution in [0.3, 0.4) is 0 Å². The summed E-state index contributed by atoms with van der Waals surface area (Å²) in [5.41, 5.74) is 4.95. The van der Waals surface area contributed by atoms with E-state index in [1.807, 2.05) is 41.6 Å². The summed E-state index contributed by atoms with van der Waals surface area (Å²) in [5, 5.41) is 8.81. The van der Waals surface area contributed by atoms with Gasteiger partial charge in [-0.05, 0) is 92.0 Å². The first-order valence-electron chi connectivity index (χ1n) is 23.2. The number of hydrogen-bond acceptors (Lipinski definition) is 13. The van der Waals surface area contributed by atoms with E-state index in [9.17, 15) is 28.8 Å². The predicted molar refractivity (Wildman–Crippen MR) is 244 cm³/mol. The molecule has 344 valence electrons. The molecule has 3 aromatic carbocycles. The van der Waals surface area contributed by atoms with Gasteiger partial charge >= 0.3 is 0 Å². The lowest BCUT2D eigenvalue weighted by Crippen LogP contribution is -2.57. The quantitative estimate of drug-likeness (QED) is 0.153. The van der Waals surface area contributed by atoms with Crippen molar-refractivity contribution in [2.75, 3.05) is 56.1 Å². The van der Waals surface area contributed by atoms with Crippen LogP contribution in [0.15, 0.2) is 85.5 Å². The number of nitrogens with zero attached hydrogens (tertiary/aromatic N) is 8. The van der Waals surface area contributed by atoms with Gasteiger partial charge in [-0.3, -0.25) is 43.9 Å². The molecule has 1 spiro atoms. The number of amides is 6. The molecule has 1 atom stereocenters. The zero-order chi connectivity index (χ0) is 45.8. The normalized spacial score (nSPS) is 24.9. The third-order valence-electron chi connectivity index (χ3n) is 14.7. The Hall–Kier alpha value is -7.21. The fourth-order valence-electron chi connectivity index (χ4n) is 10.9. The van der Waals surface area contributed by atoms with E-state index in [1.54, 1.807) is 12.4 Å². The number of likely N-dealkylation sites (tertiary alicyclic amines) is 1. The molecule has 11 rings (SSSR count). The topological polar surface area (TPSA) is 204 Å². The van der Waals surface area contributed by atoms with E-state index in [0.29, 0.717) is 42.6 Å². The second kappa shape index (κ2) is 17.2. The second-order valence-corrected chi connectivity index (χ2v) is 18.9. The van der Waals surface area contributed by atoms with E-state index in [4.69, 9.17) is 4.74 Å². The molecule has 3 saturated heterocycles.